The third-order valence-corrected chi connectivity index (χ3v) is 7.68. The van der Waals surface area contributed by atoms with E-state index in [-0.39, 0.29) is 23.5 Å². The zero-order valence-electron chi connectivity index (χ0n) is 22.8. The highest BCUT2D eigenvalue weighted by molar-refractivity contribution is 7.07. The molecular formula is C31H25F3N2O5S. The largest absolute Gasteiger partial charge is 0.496 e. The quantitative estimate of drug-likeness (QED) is 0.281. The number of allylic oxidation sites excluding steroid dienone is 1. The molecule has 5 rings (SSSR count). The lowest BCUT2D eigenvalue weighted by Gasteiger charge is -2.24. The lowest BCUT2D eigenvalue weighted by atomic mass is 9.96. The van der Waals surface area contributed by atoms with Gasteiger partial charge in [-0.15, -0.1) is 0 Å². The van der Waals surface area contributed by atoms with Crippen molar-refractivity contribution in [1.29, 1.82) is 0 Å². The molecule has 1 aliphatic rings. The van der Waals surface area contributed by atoms with Gasteiger partial charge < -0.3 is 14.2 Å². The predicted octanol–water partition coefficient (Wildman–Crippen LogP) is 5.01. The Balaban J connectivity index is 1.53. The SMILES string of the molecule is COC(=O)C1=C(C)N=c2s/c(=C\c3ccc(OC)c(COc4cccc(C(F)(F)F)c4)c3)c(=O)n2C1c1ccccc1. The van der Waals surface area contributed by atoms with Gasteiger partial charge in [-0.25, -0.2) is 9.79 Å². The summed E-state index contributed by atoms with van der Waals surface area (Å²) in [6, 6.07) is 18.3. The number of nitrogens with zero attached hydrogens (tertiary/aromatic N) is 2. The minimum atomic E-state index is -4.49. The van der Waals surface area contributed by atoms with Crippen molar-refractivity contribution in [2.24, 2.45) is 4.99 Å². The highest BCUT2D eigenvalue weighted by atomic mass is 32.1. The first-order valence-corrected chi connectivity index (χ1v) is 13.5. The number of aromatic nitrogens is 1. The average Bonchev–Trinajstić information content (AvgIpc) is 3.29. The summed E-state index contributed by atoms with van der Waals surface area (Å²) < 4.78 is 57.3. The van der Waals surface area contributed by atoms with Crippen LogP contribution in [0.3, 0.4) is 0 Å². The first-order valence-electron chi connectivity index (χ1n) is 12.7. The second-order valence-electron chi connectivity index (χ2n) is 9.37. The molecule has 0 saturated carbocycles. The molecule has 0 bridgehead atoms. The molecule has 1 unspecified atom stereocenters. The number of benzene rings is 3. The van der Waals surface area contributed by atoms with Gasteiger partial charge in [-0.3, -0.25) is 9.36 Å². The molecule has 0 spiro atoms. The van der Waals surface area contributed by atoms with E-state index in [4.69, 9.17) is 14.2 Å². The van der Waals surface area contributed by atoms with Gasteiger partial charge in [0, 0.05) is 5.56 Å². The first-order chi connectivity index (χ1) is 20.1. The van der Waals surface area contributed by atoms with Crippen LogP contribution in [0.2, 0.25) is 0 Å². The van der Waals surface area contributed by atoms with Crippen LogP contribution in [0.25, 0.3) is 6.08 Å². The smallest absolute Gasteiger partial charge is 0.416 e. The second kappa shape index (κ2) is 11.7. The molecule has 11 heteroatoms. The minimum Gasteiger partial charge on any atom is -0.496 e. The summed E-state index contributed by atoms with van der Waals surface area (Å²) in [6.45, 7) is 1.64. The molecule has 1 aliphatic heterocycles. The molecule has 0 amide bonds. The van der Waals surface area contributed by atoms with Crippen molar-refractivity contribution < 1.29 is 32.2 Å². The Morgan fingerprint density at radius 1 is 1.05 bits per heavy atom. The van der Waals surface area contributed by atoms with Gasteiger partial charge in [0.2, 0.25) is 0 Å². The molecule has 0 fully saturated rings. The van der Waals surface area contributed by atoms with E-state index in [0.717, 1.165) is 17.7 Å². The second-order valence-corrected chi connectivity index (χ2v) is 10.4. The van der Waals surface area contributed by atoms with Crippen molar-refractivity contribution in [2.75, 3.05) is 14.2 Å². The number of rotatable bonds is 7. The zero-order chi connectivity index (χ0) is 30.0. The van der Waals surface area contributed by atoms with Crippen molar-refractivity contribution in [3.63, 3.8) is 0 Å². The zero-order valence-corrected chi connectivity index (χ0v) is 23.6. The predicted molar refractivity (Wildman–Crippen MR) is 151 cm³/mol. The molecule has 0 N–H and O–H groups in total. The van der Waals surface area contributed by atoms with E-state index >= 15 is 0 Å². The number of hydrogen-bond donors (Lipinski definition) is 0. The van der Waals surface area contributed by atoms with Gasteiger partial charge in [0.25, 0.3) is 5.56 Å². The minimum absolute atomic E-state index is 0.0586. The van der Waals surface area contributed by atoms with E-state index < -0.39 is 23.8 Å². The summed E-state index contributed by atoms with van der Waals surface area (Å²) >= 11 is 1.18. The molecule has 0 radical (unpaired) electrons. The van der Waals surface area contributed by atoms with E-state index in [0.29, 0.717) is 31.9 Å². The lowest BCUT2D eigenvalue weighted by Crippen LogP contribution is -2.39. The van der Waals surface area contributed by atoms with Crippen LogP contribution in [-0.4, -0.2) is 24.8 Å². The maximum atomic E-state index is 13.8. The van der Waals surface area contributed by atoms with E-state index in [2.05, 4.69) is 4.99 Å². The summed E-state index contributed by atoms with van der Waals surface area (Å²) in [4.78, 5) is 31.5. The average molecular weight is 595 g/mol. The molecule has 0 aliphatic carbocycles. The highest BCUT2D eigenvalue weighted by Gasteiger charge is 2.33. The highest BCUT2D eigenvalue weighted by Crippen LogP contribution is 2.32. The Kier molecular flexibility index (Phi) is 8.04. The van der Waals surface area contributed by atoms with Crippen LogP contribution < -0.4 is 24.4 Å². The summed E-state index contributed by atoms with van der Waals surface area (Å²) in [5.74, 6) is -0.0359. The number of thiazole rings is 1. The van der Waals surface area contributed by atoms with E-state index in [1.165, 1.54) is 42.3 Å². The van der Waals surface area contributed by atoms with E-state index in [1.54, 1.807) is 31.2 Å². The van der Waals surface area contributed by atoms with Gasteiger partial charge in [-0.05, 0) is 54.5 Å². The van der Waals surface area contributed by atoms with E-state index in [1.807, 2.05) is 30.3 Å². The maximum Gasteiger partial charge on any atom is 0.416 e. The van der Waals surface area contributed by atoms with Crippen LogP contribution in [-0.2, 0) is 22.3 Å². The third-order valence-electron chi connectivity index (χ3n) is 6.70. The number of hydrogen-bond acceptors (Lipinski definition) is 7. The van der Waals surface area contributed by atoms with Gasteiger partial charge in [0.1, 0.15) is 18.1 Å². The van der Waals surface area contributed by atoms with E-state index in [9.17, 15) is 22.8 Å². The fourth-order valence-electron chi connectivity index (χ4n) is 4.72. The van der Waals surface area contributed by atoms with Crippen LogP contribution in [0.5, 0.6) is 11.5 Å². The van der Waals surface area contributed by atoms with Gasteiger partial charge in [-0.1, -0.05) is 53.8 Å². The molecule has 42 heavy (non-hydrogen) atoms. The fraction of sp³-hybridized carbons (Fsp3) is 0.194. The van der Waals surface area contributed by atoms with Gasteiger partial charge in [0.05, 0.1) is 41.6 Å². The van der Waals surface area contributed by atoms with Gasteiger partial charge >= 0.3 is 12.1 Å². The van der Waals surface area contributed by atoms with Crippen LogP contribution >= 0.6 is 11.3 Å². The molecule has 4 aromatic rings. The molecule has 216 valence electrons. The standard InChI is InChI=1S/C31H25F3N2O5S/c1-18-26(29(38)40-3)27(20-8-5-4-6-9-20)36-28(37)25(42-30(36)35-18)15-19-12-13-24(39-2)21(14-19)17-41-23-11-7-10-22(16-23)31(32,33)34/h4-16,27H,17H2,1-3H3/b25-15-. The summed E-state index contributed by atoms with van der Waals surface area (Å²) in [6.07, 6.45) is -2.80. The molecule has 2 heterocycles. The Bertz CT molecular complexity index is 1860. The van der Waals surface area contributed by atoms with Crippen molar-refractivity contribution in [1.82, 2.24) is 4.57 Å². The summed E-state index contributed by atoms with van der Waals surface area (Å²) in [5, 5.41) is 0. The normalized spacial score (nSPS) is 15.2. The fourth-order valence-corrected chi connectivity index (χ4v) is 5.77. The Morgan fingerprint density at radius 2 is 1.81 bits per heavy atom. The van der Waals surface area contributed by atoms with Crippen molar-refractivity contribution in [3.05, 3.63) is 126 Å². The lowest BCUT2D eigenvalue weighted by molar-refractivity contribution is -0.138. The number of carbonyl (C=O) groups is 1. The molecule has 0 saturated heterocycles. The van der Waals surface area contributed by atoms with Gasteiger partial charge in [-0.2, -0.15) is 13.2 Å². The van der Waals surface area contributed by atoms with Crippen molar-refractivity contribution >= 4 is 23.4 Å². The van der Waals surface area contributed by atoms with Crippen LogP contribution in [0.1, 0.15) is 35.2 Å². The number of halogens is 3. The number of alkyl halides is 3. The maximum absolute atomic E-state index is 13.8. The molecule has 1 aromatic heterocycles. The number of carbonyl (C=O) groups excluding carboxylic acids is 1. The molecule has 7 nitrogen and oxygen atoms in total. The summed E-state index contributed by atoms with van der Waals surface area (Å²) in [5.41, 5.74) is 1.54. The number of esters is 1. The molecule has 3 aromatic carbocycles. The number of ether oxygens (including phenoxy) is 3. The van der Waals surface area contributed by atoms with Crippen molar-refractivity contribution in [3.8, 4) is 11.5 Å². The number of methoxy groups -OCH3 is 2. The summed E-state index contributed by atoms with van der Waals surface area (Å²) in [7, 11) is 2.76. The Labute approximate surface area is 242 Å². The Morgan fingerprint density at radius 3 is 2.50 bits per heavy atom. The number of fused-ring (bicyclic) bond motifs is 1. The van der Waals surface area contributed by atoms with Gasteiger partial charge in [0.15, 0.2) is 4.80 Å². The topological polar surface area (TPSA) is 79.1 Å². The molecule has 1 atom stereocenters. The monoisotopic (exact) mass is 594 g/mol. The third kappa shape index (κ3) is 5.73. The molecular weight excluding hydrogens is 569 g/mol. The van der Waals surface area contributed by atoms with Crippen LogP contribution in [0.15, 0.2) is 93.9 Å². The first kappa shape index (κ1) is 28.9. The van der Waals surface area contributed by atoms with Crippen LogP contribution in [0, 0.1) is 0 Å². The Hall–Kier alpha value is -4.64. The van der Waals surface area contributed by atoms with Crippen LogP contribution in [0.4, 0.5) is 13.2 Å². The van der Waals surface area contributed by atoms with Crippen molar-refractivity contribution in [2.45, 2.75) is 25.7 Å².